The summed E-state index contributed by atoms with van der Waals surface area (Å²) in [4.78, 5) is 10.4. The minimum absolute atomic E-state index is 0.189. The topological polar surface area (TPSA) is 57.5 Å². The Morgan fingerprint density at radius 2 is 1.96 bits per heavy atom. The van der Waals surface area contributed by atoms with E-state index in [1.54, 1.807) is 0 Å². The first-order valence-electron chi connectivity index (χ1n) is 9.33. The summed E-state index contributed by atoms with van der Waals surface area (Å²) in [6, 6.07) is 0. The molecule has 0 spiro atoms. The van der Waals surface area contributed by atoms with E-state index in [1.165, 1.54) is 19.3 Å². The van der Waals surface area contributed by atoms with Gasteiger partial charge in [0.05, 0.1) is 6.10 Å². The Hall–Kier alpha value is -1.09. The Bertz CT molecular complexity index is 373. The molecule has 0 saturated heterocycles. The lowest BCUT2D eigenvalue weighted by atomic mass is 9.87. The van der Waals surface area contributed by atoms with Crippen molar-refractivity contribution in [2.45, 2.75) is 83.7 Å². The Kier molecular flexibility index (Phi) is 10.7. The second-order valence-electron chi connectivity index (χ2n) is 6.79. The maximum Gasteiger partial charge on any atom is 0.303 e. The minimum atomic E-state index is -0.707. The average molecular weight is 322 g/mol. The quantitative estimate of drug-likeness (QED) is 0.388. The third kappa shape index (κ3) is 9.60. The number of rotatable bonds is 12. The summed E-state index contributed by atoms with van der Waals surface area (Å²) in [7, 11) is 0. The van der Waals surface area contributed by atoms with Crippen molar-refractivity contribution >= 4 is 5.97 Å². The van der Waals surface area contributed by atoms with Crippen molar-refractivity contribution < 1.29 is 15.0 Å². The van der Waals surface area contributed by atoms with Crippen LogP contribution >= 0.6 is 0 Å². The Balaban J connectivity index is 2.19. The summed E-state index contributed by atoms with van der Waals surface area (Å²) in [5.74, 6) is 0.800. The van der Waals surface area contributed by atoms with Gasteiger partial charge in [-0.25, -0.2) is 0 Å². The zero-order chi connectivity index (χ0) is 16.9. The van der Waals surface area contributed by atoms with Crippen LogP contribution in [0.3, 0.4) is 0 Å². The van der Waals surface area contributed by atoms with Crippen molar-refractivity contribution in [3.05, 3.63) is 24.3 Å². The fourth-order valence-corrected chi connectivity index (χ4v) is 3.51. The fourth-order valence-electron chi connectivity index (χ4n) is 3.51. The first kappa shape index (κ1) is 20.0. The van der Waals surface area contributed by atoms with Gasteiger partial charge in [0.25, 0.3) is 0 Å². The van der Waals surface area contributed by atoms with Gasteiger partial charge in [0.1, 0.15) is 0 Å². The molecule has 3 atom stereocenters. The third-order valence-electron chi connectivity index (χ3n) is 4.86. The molecule has 0 heterocycles. The van der Waals surface area contributed by atoms with Crippen molar-refractivity contribution in [2.75, 3.05) is 0 Å². The van der Waals surface area contributed by atoms with Crippen LogP contribution in [0.4, 0.5) is 0 Å². The van der Waals surface area contributed by atoms with E-state index in [0.717, 1.165) is 56.8 Å². The summed E-state index contributed by atoms with van der Waals surface area (Å²) in [5, 5.41) is 18.6. The minimum Gasteiger partial charge on any atom is -0.481 e. The van der Waals surface area contributed by atoms with Gasteiger partial charge in [-0.2, -0.15) is 0 Å². The fraction of sp³-hybridized carbons (Fsp3) is 0.750. The highest BCUT2D eigenvalue weighted by atomic mass is 16.4. The van der Waals surface area contributed by atoms with Crippen LogP contribution in [-0.2, 0) is 4.79 Å². The van der Waals surface area contributed by atoms with E-state index < -0.39 is 5.97 Å². The van der Waals surface area contributed by atoms with Gasteiger partial charge in [0, 0.05) is 6.42 Å². The van der Waals surface area contributed by atoms with Crippen LogP contribution in [0.2, 0.25) is 0 Å². The highest BCUT2D eigenvalue weighted by molar-refractivity contribution is 5.66. The van der Waals surface area contributed by atoms with E-state index in [9.17, 15) is 9.90 Å². The zero-order valence-electron chi connectivity index (χ0n) is 14.6. The molecule has 1 aliphatic rings. The van der Waals surface area contributed by atoms with Crippen molar-refractivity contribution in [2.24, 2.45) is 11.8 Å². The second-order valence-corrected chi connectivity index (χ2v) is 6.79. The third-order valence-corrected chi connectivity index (χ3v) is 4.86. The molecule has 0 aromatic carbocycles. The van der Waals surface area contributed by atoms with Crippen LogP contribution in [0.5, 0.6) is 0 Å². The maximum absolute atomic E-state index is 10.4. The first-order valence-corrected chi connectivity index (χ1v) is 9.33. The van der Waals surface area contributed by atoms with E-state index in [0.29, 0.717) is 0 Å². The van der Waals surface area contributed by atoms with E-state index in [-0.39, 0.29) is 12.5 Å². The lowest BCUT2D eigenvalue weighted by Gasteiger charge is -2.19. The molecule has 3 heteroatoms. The molecule has 0 aromatic rings. The molecule has 0 aromatic heterocycles. The van der Waals surface area contributed by atoms with Gasteiger partial charge in [0.2, 0.25) is 0 Å². The number of aliphatic hydroxyl groups excluding tert-OH is 1. The number of unbranched alkanes of at least 4 members (excludes halogenated alkanes) is 1. The molecule has 0 bridgehead atoms. The Morgan fingerprint density at radius 3 is 2.70 bits per heavy atom. The summed E-state index contributed by atoms with van der Waals surface area (Å²) in [5.41, 5.74) is 0. The molecule has 3 nitrogen and oxygen atoms in total. The predicted octanol–water partition coefficient (Wildman–Crippen LogP) is 5.10. The molecule has 1 aliphatic carbocycles. The molecule has 0 aliphatic heterocycles. The normalized spacial score (nSPS) is 23.0. The van der Waals surface area contributed by atoms with E-state index in [2.05, 4.69) is 31.2 Å². The molecule has 23 heavy (non-hydrogen) atoms. The van der Waals surface area contributed by atoms with E-state index in [4.69, 9.17) is 5.11 Å². The number of aliphatic hydroxyl groups is 1. The first-order chi connectivity index (χ1) is 11.1. The zero-order valence-corrected chi connectivity index (χ0v) is 14.6. The Morgan fingerprint density at radius 1 is 1.17 bits per heavy atom. The molecule has 0 radical (unpaired) electrons. The smallest absolute Gasteiger partial charge is 0.303 e. The number of allylic oxidation sites excluding steroid dienone is 3. The van der Waals surface area contributed by atoms with Crippen molar-refractivity contribution in [1.29, 1.82) is 0 Å². The van der Waals surface area contributed by atoms with Crippen LogP contribution in [0.15, 0.2) is 24.3 Å². The number of carbonyl (C=O) groups is 1. The summed E-state index contributed by atoms with van der Waals surface area (Å²) >= 11 is 0. The molecule has 132 valence electrons. The predicted molar refractivity (Wildman–Crippen MR) is 95.4 cm³/mol. The standard InChI is InChI=1S/C20H34O3/c1-2-3-6-13-19(21)16-15-18-12-9-11-17(18)10-7-4-5-8-14-20(22)23/h3-4,6-7,17-19,21H,2,5,8-16H2,1H3,(H,22,23). The molecule has 3 unspecified atom stereocenters. The van der Waals surface area contributed by atoms with Crippen LogP contribution < -0.4 is 0 Å². The second kappa shape index (κ2) is 12.3. The highest BCUT2D eigenvalue weighted by Gasteiger charge is 2.26. The number of aliphatic carboxylic acids is 1. The highest BCUT2D eigenvalue weighted by Crippen LogP contribution is 2.37. The molecule has 2 N–H and O–H groups in total. The van der Waals surface area contributed by atoms with Crippen LogP contribution in [-0.4, -0.2) is 22.3 Å². The maximum atomic E-state index is 10.4. The van der Waals surface area contributed by atoms with Gasteiger partial charge < -0.3 is 10.2 Å². The molecule has 0 amide bonds. The molecular weight excluding hydrogens is 288 g/mol. The van der Waals surface area contributed by atoms with E-state index in [1.807, 2.05) is 0 Å². The van der Waals surface area contributed by atoms with E-state index >= 15 is 0 Å². The molecule has 1 saturated carbocycles. The van der Waals surface area contributed by atoms with Crippen molar-refractivity contribution in [3.8, 4) is 0 Å². The molecule has 1 rings (SSSR count). The number of hydrogen-bond donors (Lipinski definition) is 2. The largest absolute Gasteiger partial charge is 0.481 e. The summed E-state index contributed by atoms with van der Waals surface area (Å²) in [6.45, 7) is 2.11. The number of carboxylic acids is 1. The Labute approximate surface area is 141 Å². The van der Waals surface area contributed by atoms with Crippen molar-refractivity contribution in [1.82, 2.24) is 0 Å². The van der Waals surface area contributed by atoms with Crippen LogP contribution in [0, 0.1) is 11.8 Å². The van der Waals surface area contributed by atoms with Crippen molar-refractivity contribution in [3.63, 3.8) is 0 Å². The van der Waals surface area contributed by atoms with Gasteiger partial charge in [0.15, 0.2) is 0 Å². The summed E-state index contributed by atoms with van der Waals surface area (Å²) < 4.78 is 0. The molecular formula is C20H34O3. The summed E-state index contributed by atoms with van der Waals surface area (Å²) in [6.07, 6.45) is 19.2. The monoisotopic (exact) mass is 322 g/mol. The lowest BCUT2D eigenvalue weighted by Crippen LogP contribution is -2.12. The molecule has 1 fully saturated rings. The van der Waals surface area contributed by atoms with Gasteiger partial charge in [-0.3, -0.25) is 4.79 Å². The number of carboxylic acid groups (broad SMARTS) is 1. The van der Waals surface area contributed by atoms with Gasteiger partial charge >= 0.3 is 5.97 Å². The number of hydrogen-bond acceptors (Lipinski definition) is 2. The van der Waals surface area contributed by atoms with Crippen LogP contribution in [0.25, 0.3) is 0 Å². The van der Waals surface area contributed by atoms with Gasteiger partial charge in [-0.05, 0) is 63.2 Å². The lowest BCUT2D eigenvalue weighted by molar-refractivity contribution is -0.137. The van der Waals surface area contributed by atoms with Gasteiger partial charge in [-0.15, -0.1) is 0 Å². The average Bonchev–Trinajstić information content (AvgIpc) is 2.96. The van der Waals surface area contributed by atoms with Crippen LogP contribution in [0.1, 0.15) is 77.6 Å². The van der Waals surface area contributed by atoms with Gasteiger partial charge in [-0.1, -0.05) is 44.1 Å². The SMILES string of the molecule is CCC=CCC(O)CCC1CCCC1CC=CCCCC(=O)O.